The summed E-state index contributed by atoms with van der Waals surface area (Å²) in [5.41, 5.74) is -1.09. The van der Waals surface area contributed by atoms with Gasteiger partial charge in [-0.2, -0.15) is 13.2 Å². The van der Waals surface area contributed by atoms with Gasteiger partial charge in [-0.1, -0.05) is 6.92 Å². The normalized spacial score (nSPS) is 20.5. The van der Waals surface area contributed by atoms with Gasteiger partial charge >= 0.3 is 12.2 Å². The number of likely N-dealkylation sites (N-methyl/N-ethyl adjacent to an activating group) is 1. The van der Waals surface area contributed by atoms with Crippen molar-refractivity contribution < 1.29 is 22.8 Å². The maximum absolute atomic E-state index is 12.6. The summed E-state index contributed by atoms with van der Waals surface area (Å²) >= 11 is 0. The molecular weight excluding hydrogens is 249 g/mol. The van der Waals surface area contributed by atoms with Crippen LogP contribution in [0, 0.1) is 0 Å². The standard InChI is InChI=1S/C11H15F3N2O2/c1-3-8(17)5-7-6-9(11(12,13)14)15-10(18)16(7)4-2/h6-7H,3-5H2,1-2H3,(H,15,18). The summed E-state index contributed by atoms with van der Waals surface area (Å²) in [5.74, 6) is -0.175. The molecule has 0 aromatic rings. The highest BCUT2D eigenvalue weighted by Gasteiger charge is 2.40. The van der Waals surface area contributed by atoms with Gasteiger partial charge in [-0.25, -0.2) is 4.79 Å². The van der Waals surface area contributed by atoms with E-state index >= 15 is 0 Å². The Morgan fingerprint density at radius 1 is 1.44 bits per heavy atom. The Morgan fingerprint density at radius 3 is 2.50 bits per heavy atom. The Kier molecular flexibility index (Phi) is 4.37. The number of nitrogens with one attached hydrogen (secondary N) is 1. The van der Waals surface area contributed by atoms with Gasteiger partial charge in [0.15, 0.2) is 0 Å². The fourth-order valence-electron chi connectivity index (χ4n) is 1.75. The summed E-state index contributed by atoms with van der Waals surface area (Å²) in [6, 6.07) is -1.64. The van der Waals surface area contributed by atoms with E-state index in [1.165, 1.54) is 4.90 Å². The van der Waals surface area contributed by atoms with Crippen molar-refractivity contribution in [3.05, 3.63) is 11.8 Å². The second-order valence-corrected chi connectivity index (χ2v) is 3.96. The largest absolute Gasteiger partial charge is 0.431 e. The lowest BCUT2D eigenvalue weighted by molar-refractivity contribution is -0.119. The predicted octanol–water partition coefficient (Wildman–Crippen LogP) is 2.22. The molecule has 0 aliphatic carbocycles. The topological polar surface area (TPSA) is 49.4 Å². The third kappa shape index (κ3) is 3.24. The van der Waals surface area contributed by atoms with Gasteiger partial charge < -0.3 is 10.2 Å². The number of hydrogen-bond acceptors (Lipinski definition) is 2. The zero-order valence-corrected chi connectivity index (χ0v) is 10.2. The number of nitrogens with zero attached hydrogens (tertiary/aromatic N) is 1. The van der Waals surface area contributed by atoms with Gasteiger partial charge in [-0.15, -0.1) is 0 Å². The Morgan fingerprint density at radius 2 is 2.06 bits per heavy atom. The van der Waals surface area contributed by atoms with Crippen LogP contribution < -0.4 is 5.32 Å². The predicted molar refractivity (Wildman–Crippen MR) is 58.8 cm³/mol. The van der Waals surface area contributed by atoms with Crippen molar-refractivity contribution in [2.45, 2.75) is 38.9 Å². The van der Waals surface area contributed by atoms with Crippen molar-refractivity contribution in [1.29, 1.82) is 0 Å². The maximum Gasteiger partial charge on any atom is 0.431 e. The fourth-order valence-corrected chi connectivity index (χ4v) is 1.75. The van der Waals surface area contributed by atoms with Crippen LogP contribution in [0.3, 0.4) is 0 Å². The highest BCUT2D eigenvalue weighted by Crippen LogP contribution is 2.28. The monoisotopic (exact) mass is 264 g/mol. The van der Waals surface area contributed by atoms with Crippen LogP contribution in [0.4, 0.5) is 18.0 Å². The summed E-state index contributed by atoms with van der Waals surface area (Å²) in [6.07, 6.45) is -3.55. The van der Waals surface area contributed by atoms with Crippen LogP contribution in [0.2, 0.25) is 0 Å². The maximum atomic E-state index is 12.6. The van der Waals surface area contributed by atoms with Gasteiger partial charge in [0.25, 0.3) is 0 Å². The van der Waals surface area contributed by atoms with Crippen molar-refractivity contribution in [3.8, 4) is 0 Å². The summed E-state index contributed by atoms with van der Waals surface area (Å²) in [4.78, 5) is 24.1. The number of halogens is 3. The van der Waals surface area contributed by atoms with E-state index in [0.29, 0.717) is 0 Å². The van der Waals surface area contributed by atoms with Crippen molar-refractivity contribution in [3.63, 3.8) is 0 Å². The van der Waals surface area contributed by atoms with Gasteiger partial charge in [-0.05, 0) is 13.0 Å². The third-order valence-corrected chi connectivity index (χ3v) is 2.74. The molecule has 0 aromatic heterocycles. The molecule has 1 rings (SSSR count). The molecule has 0 saturated heterocycles. The fraction of sp³-hybridized carbons (Fsp3) is 0.636. The molecule has 0 aromatic carbocycles. The van der Waals surface area contributed by atoms with Gasteiger partial charge in [0, 0.05) is 19.4 Å². The molecule has 2 amide bonds. The lowest BCUT2D eigenvalue weighted by Crippen LogP contribution is -2.52. The average molecular weight is 264 g/mol. The average Bonchev–Trinajstić information content (AvgIpc) is 2.27. The van der Waals surface area contributed by atoms with Crippen molar-refractivity contribution in [2.75, 3.05) is 6.54 Å². The van der Waals surface area contributed by atoms with E-state index in [-0.39, 0.29) is 25.2 Å². The van der Waals surface area contributed by atoms with E-state index in [9.17, 15) is 22.8 Å². The first kappa shape index (κ1) is 14.5. The van der Waals surface area contributed by atoms with Crippen LogP contribution in [0.5, 0.6) is 0 Å². The molecular formula is C11H15F3N2O2. The highest BCUT2D eigenvalue weighted by atomic mass is 19.4. The molecule has 0 saturated carbocycles. The number of alkyl halides is 3. The van der Waals surface area contributed by atoms with Crippen molar-refractivity contribution >= 4 is 11.8 Å². The lowest BCUT2D eigenvalue weighted by atomic mass is 10.0. The van der Waals surface area contributed by atoms with Crippen LogP contribution in [0.15, 0.2) is 11.8 Å². The molecule has 0 fully saturated rings. The molecule has 1 unspecified atom stereocenters. The highest BCUT2D eigenvalue weighted by molar-refractivity contribution is 5.82. The second-order valence-electron chi connectivity index (χ2n) is 3.96. The smallest absolute Gasteiger partial charge is 0.318 e. The molecule has 18 heavy (non-hydrogen) atoms. The second kappa shape index (κ2) is 5.41. The number of amides is 2. The molecule has 1 atom stereocenters. The van der Waals surface area contributed by atoms with Gasteiger partial charge in [-0.3, -0.25) is 4.79 Å². The molecule has 0 radical (unpaired) electrons. The third-order valence-electron chi connectivity index (χ3n) is 2.74. The summed E-state index contributed by atoms with van der Waals surface area (Å²) in [7, 11) is 0. The molecule has 1 aliphatic rings. The first-order chi connectivity index (χ1) is 8.29. The zero-order valence-electron chi connectivity index (χ0n) is 10.2. The number of ketones is 1. The van der Waals surface area contributed by atoms with Gasteiger partial charge in [0.1, 0.15) is 11.5 Å². The van der Waals surface area contributed by atoms with E-state index in [1.54, 1.807) is 19.2 Å². The number of Topliss-reactive ketones (excluding diaryl/α,β-unsaturated/α-hetero) is 1. The van der Waals surface area contributed by atoms with E-state index in [0.717, 1.165) is 6.08 Å². The Labute approximate surface area is 103 Å². The molecule has 7 heteroatoms. The van der Waals surface area contributed by atoms with Crippen molar-refractivity contribution in [2.24, 2.45) is 0 Å². The lowest BCUT2D eigenvalue weighted by Gasteiger charge is -2.34. The van der Waals surface area contributed by atoms with Crippen LogP contribution in [-0.2, 0) is 4.79 Å². The molecule has 1 N–H and O–H groups in total. The van der Waals surface area contributed by atoms with Gasteiger partial charge in [0.2, 0.25) is 0 Å². The quantitative estimate of drug-likeness (QED) is 0.846. The number of urea groups is 1. The minimum Gasteiger partial charge on any atom is -0.318 e. The Balaban J connectivity index is 2.99. The summed E-state index contributed by atoms with van der Waals surface area (Å²) in [6.45, 7) is 3.53. The van der Waals surface area contributed by atoms with E-state index in [1.807, 2.05) is 0 Å². The number of carbonyl (C=O) groups is 2. The van der Waals surface area contributed by atoms with E-state index in [2.05, 4.69) is 0 Å². The van der Waals surface area contributed by atoms with Crippen LogP contribution in [0.25, 0.3) is 0 Å². The molecule has 102 valence electrons. The summed E-state index contributed by atoms with van der Waals surface area (Å²) in [5, 5.41) is 1.79. The Hall–Kier alpha value is -1.53. The molecule has 1 aliphatic heterocycles. The zero-order chi connectivity index (χ0) is 13.9. The van der Waals surface area contributed by atoms with Crippen LogP contribution in [0.1, 0.15) is 26.7 Å². The molecule has 0 spiro atoms. The minimum absolute atomic E-state index is 0.0860. The first-order valence-corrected chi connectivity index (χ1v) is 5.67. The van der Waals surface area contributed by atoms with Gasteiger partial charge in [0.05, 0.1) is 6.04 Å². The van der Waals surface area contributed by atoms with Crippen molar-refractivity contribution in [1.82, 2.24) is 10.2 Å². The SMILES string of the molecule is CCC(=O)CC1C=C(C(F)(F)F)NC(=O)N1CC. The van der Waals surface area contributed by atoms with E-state index < -0.39 is 23.9 Å². The minimum atomic E-state index is -4.61. The first-order valence-electron chi connectivity index (χ1n) is 5.67. The number of hydrogen-bond donors (Lipinski definition) is 1. The van der Waals surface area contributed by atoms with Crippen LogP contribution >= 0.6 is 0 Å². The molecule has 0 bridgehead atoms. The Bertz CT molecular complexity index is 377. The summed E-state index contributed by atoms with van der Waals surface area (Å²) < 4.78 is 37.7. The van der Waals surface area contributed by atoms with Crippen LogP contribution in [-0.4, -0.2) is 35.5 Å². The molecule has 4 nitrogen and oxygen atoms in total. The number of carbonyl (C=O) groups excluding carboxylic acids is 2. The molecule has 1 heterocycles. The number of allylic oxidation sites excluding steroid dienone is 1. The number of rotatable bonds is 4. The van der Waals surface area contributed by atoms with E-state index in [4.69, 9.17) is 0 Å².